The Balaban J connectivity index is 2.45. The number of terminal acetylenes is 1. The van der Waals surface area contributed by atoms with E-state index in [1.807, 2.05) is 25.1 Å². The van der Waals surface area contributed by atoms with E-state index in [-0.39, 0.29) is 12.5 Å². The van der Waals surface area contributed by atoms with Crippen LogP contribution in [-0.4, -0.2) is 18.6 Å². The van der Waals surface area contributed by atoms with Crippen molar-refractivity contribution in [3.8, 4) is 18.1 Å². The van der Waals surface area contributed by atoms with E-state index in [9.17, 15) is 4.79 Å². The molecule has 1 heterocycles. The molecule has 94 valence electrons. The lowest BCUT2D eigenvalue weighted by atomic mass is 10.1. The van der Waals surface area contributed by atoms with Gasteiger partial charge in [-0.3, -0.25) is 9.69 Å². The lowest BCUT2D eigenvalue weighted by Crippen LogP contribution is -2.45. The maximum absolute atomic E-state index is 12.1. The maximum Gasteiger partial charge on any atom is 0.269 e. The third kappa shape index (κ3) is 2.05. The first-order valence-electron chi connectivity index (χ1n) is 5.95. The number of hydrogen-bond donors (Lipinski definition) is 1. The van der Waals surface area contributed by atoms with E-state index in [2.05, 4.69) is 5.92 Å². The highest BCUT2D eigenvalue weighted by Crippen LogP contribution is 2.35. The zero-order chi connectivity index (χ0) is 13.1. The molecule has 1 unspecified atom stereocenters. The number of ether oxygens (including phenoxy) is 1. The van der Waals surface area contributed by atoms with Crippen LogP contribution in [0.5, 0.6) is 5.75 Å². The quantitative estimate of drug-likeness (QED) is 0.815. The summed E-state index contributed by atoms with van der Waals surface area (Å²) in [6.07, 6.45) is 5.47. The Morgan fingerprint density at radius 3 is 2.94 bits per heavy atom. The van der Waals surface area contributed by atoms with Gasteiger partial charge in [-0.25, -0.2) is 0 Å². The summed E-state index contributed by atoms with van der Waals surface area (Å²) in [6.45, 7) is 2.61. The van der Waals surface area contributed by atoms with Crippen molar-refractivity contribution < 1.29 is 9.53 Å². The molecular formula is C14H16N2O2. The number of carbonyl (C=O) groups excluding carboxylic acids is 1. The van der Waals surface area contributed by atoms with Crippen LogP contribution in [0.15, 0.2) is 18.2 Å². The van der Waals surface area contributed by atoms with E-state index in [1.54, 1.807) is 4.90 Å². The zero-order valence-electron chi connectivity index (χ0n) is 10.3. The van der Waals surface area contributed by atoms with Gasteiger partial charge < -0.3 is 10.5 Å². The number of anilines is 1. The molecule has 1 aromatic rings. The van der Waals surface area contributed by atoms with Gasteiger partial charge in [0.15, 0.2) is 6.10 Å². The van der Waals surface area contributed by atoms with E-state index < -0.39 is 6.10 Å². The molecule has 0 spiro atoms. The maximum atomic E-state index is 12.1. The molecule has 18 heavy (non-hydrogen) atoms. The summed E-state index contributed by atoms with van der Waals surface area (Å²) in [5, 5.41) is 0. The third-order valence-electron chi connectivity index (χ3n) is 2.98. The summed E-state index contributed by atoms with van der Waals surface area (Å²) in [5.74, 6) is 3.11. The van der Waals surface area contributed by atoms with Crippen LogP contribution in [0.4, 0.5) is 5.69 Å². The summed E-state index contributed by atoms with van der Waals surface area (Å²) in [6, 6.07) is 5.58. The Labute approximate surface area is 107 Å². The van der Waals surface area contributed by atoms with Crippen molar-refractivity contribution in [3.63, 3.8) is 0 Å². The SMILES string of the molecule is C#CCN1C(=O)C(CC)Oc2cc(CN)ccc21. The Morgan fingerprint density at radius 2 is 2.33 bits per heavy atom. The second-order valence-electron chi connectivity index (χ2n) is 4.15. The average Bonchev–Trinajstić information content (AvgIpc) is 2.41. The number of amides is 1. The van der Waals surface area contributed by atoms with Crippen molar-refractivity contribution in [2.24, 2.45) is 5.73 Å². The molecule has 0 saturated carbocycles. The summed E-state index contributed by atoms with van der Waals surface area (Å²) in [4.78, 5) is 13.7. The van der Waals surface area contributed by atoms with Gasteiger partial charge in [0.2, 0.25) is 0 Å². The number of rotatable bonds is 3. The van der Waals surface area contributed by atoms with Crippen molar-refractivity contribution in [2.75, 3.05) is 11.4 Å². The molecule has 1 aliphatic heterocycles. The zero-order valence-corrected chi connectivity index (χ0v) is 10.3. The number of benzene rings is 1. The van der Waals surface area contributed by atoms with E-state index in [4.69, 9.17) is 16.9 Å². The molecule has 0 radical (unpaired) electrons. The number of fused-ring (bicyclic) bond motifs is 1. The van der Waals surface area contributed by atoms with Gasteiger partial charge in [-0.05, 0) is 24.1 Å². The molecule has 1 aliphatic rings. The van der Waals surface area contributed by atoms with Gasteiger partial charge in [0.1, 0.15) is 5.75 Å². The lowest BCUT2D eigenvalue weighted by Gasteiger charge is -2.33. The van der Waals surface area contributed by atoms with Gasteiger partial charge in [-0.15, -0.1) is 6.42 Å². The monoisotopic (exact) mass is 244 g/mol. The van der Waals surface area contributed by atoms with Crippen molar-refractivity contribution >= 4 is 11.6 Å². The van der Waals surface area contributed by atoms with Crippen molar-refractivity contribution in [1.82, 2.24) is 0 Å². The second-order valence-corrected chi connectivity index (χ2v) is 4.15. The summed E-state index contributed by atoms with van der Waals surface area (Å²) in [5.41, 5.74) is 7.30. The molecule has 0 saturated heterocycles. The van der Waals surface area contributed by atoms with Crippen molar-refractivity contribution in [1.29, 1.82) is 0 Å². The minimum absolute atomic E-state index is 0.0801. The molecule has 4 heteroatoms. The molecule has 2 rings (SSSR count). The van der Waals surface area contributed by atoms with Crippen LogP contribution >= 0.6 is 0 Å². The van der Waals surface area contributed by atoms with Crippen LogP contribution in [0.3, 0.4) is 0 Å². The molecule has 0 fully saturated rings. The van der Waals surface area contributed by atoms with Gasteiger partial charge >= 0.3 is 0 Å². The van der Waals surface area contributed by atoms with E-state index in [0.717, 1.165) is 11.3 Å². The molecular weight excluding hydrogens is 228 g/mol. The number of carbonyl (C=O) groups is 1. The number of hydrogen-bond acceptors (Lipinski definition) is 3. The van der Waals surface area contributed by atoms with Gasteiger partial charge in [-0.2, -0.15) is 0 Å². The van der Waals surface area contributed by atoms with Crippen molar-refractivity contribution in [3.05, 3.63) is 23.8 Å². The molecule has 0 bridgehead atoms. The summed E-state index contributed by atoms with van der Waals surface area (Å²) in [7, 11) is 0. The van der Waals surface area contributed by atoms with Crippen LogP contribution in [0, 0.1) is 12.3 Å². The van der Waals surface area contributed by atoms with E-state index in [0.29, 0.717) is 18.7 Å². The fourth-order valence-electron chi connectivity index (χ4n) is 2.01. The molecule has 0 aromatic heterocycles. The first-order chi connectivity index (χ1) is 8.71. The molecule has 0 aliphatic carbocycles. The largest absolute Gasteiger partial charge is 0.478 e. The predicted molar refractivity (Wildman–Crippen MR) is 70.2 cm³/mol. The molecule has 1 atom stereocenters. The Morgan fingerprint density at radius 1 is 1.56 bits per heavy atom. The van der Waals surface area contributed by atoms with E-state index in [1.165, 1.54) is 0 Å². The highest BCUT2D eigenvalue weighted by molar-refractivity contribution is 6.00. The number of nitrogens with zero attached hydrogens (tertiary/aromatic N) is 1. The summed E-state index contributed by atoms with van der Waals surface area (Å²) < 4.78 is 5.70. The third-order valence-corrected chi connectivity index (χ3v) is 2.98. The van der Waals surface area contributed by atoms with Gasteiger partial charge in [0.25, 0.3) is 5.91 Å². The highest BCUT2D eigenvalue weighted by atomic mass is 16.5. The van der Waals surface area contributed by atoms with Gasteiger partial charge in [0.05, 0.1) is 12.2 Å². The normalized spacial score (nSPS) is 17.9. The van der Waals surface area contributed by atoms with Crippen LogP contribution < -0.4 is 15.4 Å². The first kappa shape index (κ1) is 12.5. The average molecular weight is 244 g/mol. The predicted octanol–water partition coefficient (Wildman–Crippen LogP) is 1.28. The summed E-state index contributed by atoms with van der Waals surface area (Å²) >= 11 is 0. The van der Waals surface area contributed by atoms with Crippen LogP contribution in [0.2, 0.25) is 0 Å². The number of nitrogens with two attached hydrogens (primary N) is 1. The highest BCUT2D eigenvalue weighted by Gasteiger charge is 2.32. The minimum Gasteiger partial charge on any atom is -0.478 e. The Bertz CT molecular complexity index is 505. The van der Waals surface area contributed by atoms with E-state index >= 15 is 0 Å². The Hall–Kier alpha value is -1.99. The lowest BCUT2D eigenvalue weighted by molar-refractivity contribution is -0.126. The van der Waals surface area contributed by atoms with Crippen molar-refractivity contribution in [2.45, 2.75) is 26.0 Å². The van der Waals surface area contributed by atoms with Crippen LogP contribution in [0.25, 0.3) is 0 Å². The molecule has 1 aromatic carbocycles. The van der Waals surface area contributed by atoms with Crippen LogP contribution in [0.1, 0.15) is 18.9 Å². The molecule has 2 N–H and O–H groups in total. The minimum atomic E-state index is -0.459. The molecule has 1 amide bonds. The first-order valence-corrected chi connectivity index (χ1v) is 5.95. The van der Waals surface area contributed by atoms with Crippen LogP contribution in [-0.2, 0) is 11.3 Å². The standard InChI is InChI=1S/C14H16N2O2/c1-3-7-16-11-6-5-10(9-15)8-13(11)18-12(4-2)14(16)17/h1,5-6,8,12H,4,7,9,15H2,2H3. The van der Waals surface area contributed by atoms with Gasteiger partial charge in [0, 0.05) is 6.54 Å². The topological polar surface area (TPSA) is 55.6 Å². The fraction of sp³-hybridized carbons (Fsp3) is 0.357. The van der Waals surface area contributed by atoms with Gasteiger partial charge in [-0.1, -0.05) is 18.9 Å². The smallest absolute Gasteiger partial charge is 0.269 e. The molecule has 4 nitrogen and oxygen atoms in total. The Kier molecular flexibility index (Phi) is 3.54. The second kappa shape index (κ2) is 5.11. The fourth-order valence-corrected chi connectivity index (χ4v) is 2.01.